The molecule has 1 saturated carbocycles. The summed E-state index contributed by atoms with van der Waals surface area (Å²) in [7, 11) is 1.50. The quantitative estimate of drug-likeness (QED) is 0.376. The molecule has 4 rings (SSSR count). The van der Waals surface area contributed by atoms with Crippen LogP contribution in [0.4, 0.5) is 0 Å². The summed E-state index contributed by atoms with van der Waals surface area (Å²) in [5, 5.41) is 1.12. The normalized spacial score (nSPS) is 16.8. The van der Waals surface area contributed by atoms with Gasteiger partial charge in [0.05, 0.1) is 24.2 Å². The van der Waals surface area contributed by atoms with Gasteiger partial charge in [-0.1, -0.05) is 81.3 Å². The molecular formula is C29H35NO3. The second-order valence-electron chi connectivity index (χ2n) is 9.17. The summed E-state index contributed by atoms with van der Waals surface area (Å²) >= 11 is 0. The number of carbonyl (C=O) groups is 1. The maximum Gasteiger partial charge on any atom is 0.313 e. The first-order chi connectivity index (χ1) is 16.2. The number of fused-ring (bicyclic) bond motifs is 1. The summed E-state index contributed by atoms with van der Waals surface area (Å²) in [6, 6.07) is 20.2. The van der Waals surface area contributed by atoms with Crippen molar-refractivity contribution < 1.29 is 14.3 Å². The molecule has 0 N–H and O–H groups in total. The molecule has 1 heterocycles. The predicted molar refractivity (Wildman–Crippen MR) is 132 cm³/mol. The Balaban J connectivity index is 1.44. The molecule has 0 radical (unpaired) electrons. The molecule has 2 aromatic carbocycles. The number of carbonyl (C=O) groups excluding carboxylic acids is 1. The lowest BCUT2D eigenvalue weighted by Gasteiger charge is -2.26. The molecule has 0 bridgehead atoms. The summed E-state index contributed by atoms with van der Waals surface area (Å²) in [5.41, 5.74) is 2.90. The number of esters is 1. The third-order valence-electron chi connectivity index (χ3n) is 6.86. The molecule has 4 nitrogen and oxygen atoms in total. The molecule has 1 fully saturated rings. The number of rotatable bonds is 6. The van der Waals surface area contributed by atoms with Crippen molar-refractivity contribution in [1.82, 2.24) is 4.98 Å². The van der Waals surface area contributed by atoms with Crippen molar-refractivity contribution in [3.8, 4) is 5.75 Å². The number of hydrogen-bond donors (Lipinski definition) is 0. The zero-order valence-electron chi connectivity index (χ0n) is 19.7. The van der Waals surface area contributed by atoms with Crippen LogP contribution in [0, 0.1) is 5.92 Å². The van der Waals surface area contributed by atoms with Crippen LogP contribution >= 0.6 is 0 Å². The van der Waals surface area contributed by atoms with Crippen LogP contribution in [0.1, 0.15) is 75.0 Å². The van der Waals surface area contributed by atoms with Gasteiger partial charge in [0, 0.05) is 5.39 Å². The van der Waals surface area contributed by atoms with E-state index in [1.54, 1.807) is 0 Å². The van der Waals surface area contributed by atoms with Crippen LogP contribution in [0.25, 0.3) is 10.9 Å². The molecule has 1 aromatic heterocycles. The fourth-order valence-corrected chi connectivity index (χ4v) is 5.02. The zero-order chi connectivity index (χ0) is 22.9. The van der Waals surface area contributed by atoms with Gasteiger partial charge in [-0.3, -0.25) is 4.79 Å². The second kappa shape index (κ2) is 11.8. The Morgan fingerprint density at radius 1 is 0.879 bits per heavy atom. The predicted octanol–water partition coefficient (Wildman–Crippen LogP) is 7.21. The minimum Gasteiger partial charge on any atom is -0.487 e. The highest BCUT2D eigenvalue weighted by molar-refractivity contribution is 5.79. The highest BCUT2D eigenvalue weighted by Crippen LogP contribution is 2.35. The molecule has 0 spiro atoms. The van der Waals surface area contributed by atoms with Crippen LogP contribution in [0.2, 0.25) is 0 Å². The smallest absolute Gasteiger partial charge is 0.313 e. The second-order valence-corrected chi connectivity index (χ2v) is 9.17. The lowest BCUT2D eigenvalue weighted by Crippen LogP contribution is -2.23. The highest BCUT2D eigenvalue weighted by Gasteiger charge is 2.30. The Morgan fingerprint density at radius 3 is 2.24 bits per heavy atom. The molecule has 174 valence electrons. The summed E-state index contributed by atoms with van der Waals surface area (Å²) < 4.78 is 11.2. The number of benzene rings is 2. The van der Waals surface area contributed by atoms with Crippen LogP contribution in [-0.4, -0.2) is 18.1 Å². The van der Waals surface area contributed by atoms with Gasteiger partial charge in [0.15, 0.2) is 0 Å². The topological polar surface area (TPSA) is 48.4 Å². The van der Waals surface area contributed by atoms with E-state index in [1.807, 2.05) is 48.5 Å². The van der Waals surface area contributed by atoms with E-state index >= 15 is 0 Å². The number of para-hydroxylation sites is 1. The molecular weight excluding hydrogens is 410 g/mol. The van der Waals surface area contributed by atoms with Gasteiger partial charge in [0.1, 0.15) is 12.4 Å². The van der Waals surface area contributed by atoms with Gasteiger partial charge in [0.2, 0.25) is 0 Å². The molecule has 3 aromatic rings. The van der Waals surface area contributed by atoms with Gasteiger partial charge in [-0.15, -0.1) is 0 Å². The van der Waals surface area contributed by atoms with Crippen molar-refractivity contribution in [2.75, 3.05) is 7.11 Å². The molecule has 4 heteroatoms. The number of methoxy groups -OCH3 is 1. The van der Waals surface area contributed by atoms with Gasteiger partial charge in [-0.25, -0.2) is 4.98 Å². The van der Waals surface area contributed by atoms with Crippen molar-refractivity contribution in [3.63, 3.8) is 0 Å². The van der Waals surface area contributed by atoms with Crippen LogP contribution in [0.3, 0.4) is 0 Å². The van der Waals surface area contributed by atoms with E-state index in [0.29, 0.717) is 12.5 Å². The third kappa shape index (κ3) is 6.34. The minimum atomic E-state index is -0.203. The Kier molecular flexibility index (Phi) is 8.35. The van der Waals surface area contributed by atoms with Gasteiger partial charge in [-0.05, 0) is 48.6 Å². The van der Waals surface area contributed by atoms with Crippen molar-refractivity contribution >= 4 is 16.9 Å². The van der Waals surface area contributed by atoms with Crippen LogP contribution in [0.5, 0.6) is 5.75 Å². The van der Waals surface area contributed by atoms with E-state index in [-0.39, 0.29) is 11.9 Å². The molecule has 0 amide bonds. The Bertz CT molecular complexity index is 1020. The number of aromatic nitrogens is 1. The Morgan fingerprint density at radius 2 is 1.55 bits per heavy atom. The monoisotopic (exact) mass is 445 g/mol. The van der Waals surface area contributed by atoms with Crippen molar-refractivity contribution in [1.29, 1.82) is 0 Å². The number of ether oxygens (including phenoxy) is 2. The zero-order valence-corrected chi connectivity index (χ0v) is 19.7. The SMILES string of the molecule is COC(=O)C(c1ccc(OCc2ccc3ccccc3n2)cc1)C1CCCCCCCCC1. The Labute approximate surface area is 197 Å². The van der Waals surface area contributed by atoms with E-state index in [0.717, 1.165) is 40.8 Å². The maximum absolute atomic E-state index is 12.8. The molecule has 1 aliphatic rings. The molecule has 33 heavy (non-hydrogen) atoms. The van der Waals surface area contributed by atoms with E-state index in [9.17, 15) is 4.79 Å². The molecule has 1 atom stereocenters. The van der Waals surface area contributed by atoms with E-state index in [2.05, 4.69) is 17.1 Å². The highest BCUT2D eigenvalue weighted by atomic mass is 16.5. The first-order valence-corrected chi connectivity index (χ1v) is 12.4. The van der Waals surface area contributed by atoms with Crippen LogP contribution in [0.15, 0.2) is 60.7 Å². The number of nitrogens with zero attached hydrogens (tertiary/aromatic N) is 1. The molecule has 0 saturated heterocycles. The first-order valence-electron chi connectivity index (χ1n) is 12.4. The average molecular weight is 446 g/mol. The van der Waals surface area contributed by atoms with E-state index in [1.165, 1.54) is 52.1 Å². The van der Waals surface area contributed by atoms with Crippen molar-refractivity contribution in [2.24, 2.45) is 5.92 Å². The van der Waals surface area contributed by atoms with Gasteiger partial charge >= 0.3 is 5.97 Å². The lowest BCUT2D eigenvalue weighted by atomic mass is 9.79. The number of pyridine rings is 1. The lowest BCUT2D eigenvalue weighted by molar-refractivity contribution is -0.144. The third-order valence-corrected chi connectivity index (χ3v) is 6.86. The fourth-order valence-electron chi connectivity index (χ4n) is 5.02. The van der Waals surface area contributed by atoms with Gasteiger partial charge in [-0.2, -0.15) is 0 Å². The molecule has 0 aliphatic heterocycles. The first kappa shape index (κ1) is 23.3. The van der Waals surface area contributed by atoms with Crippen molar-refractivity contribution in [2.45, 2.75) is 70.3 Å². The van der Waals surface area contributed by atoms with E-state index < -0.39 is 0 Å². The van der Waals surface area contributed by atoms with Crippen LogP contribution in [-0.2, 0) is 16.1 Å². The average Bonchev–Trinajstić information content (AvgIpc) is 2.87. The number of hydrogen-bond acceptors (Lipinski definition) is 4. The maximum atomic E-state index is 12.8. The standard InChI is InChI=1S/C29H35NO3/c1-32-29(31)28(23-12-7-5-3-2-4-6-8-13-23)24-16-19-26(20-17-24)33-21-25-18-15-22-11-9-10-14-27(22)30-25/h9-11,14-20,23,28H,2-8,12-13,21H2,1H3. The summed E-state index contributed by atoms with van der Waals surface area (Å²) in [6.45, 7) is 0.410. The molecule has 1 aliphatic carbocycles. The largest absolute Gasteiger partial charge is 0.487 e. The van der Waals surface area contributed by atoms with E-state index in [4.69, 9.17) is 9.47 Å². The van der Waals surface area contributed by atoms with Gasteiger partial charge < -0.3 is 9.47 Å². The van der Waals surface area contributed by atoms with Gasteiger partial charge in [0.25, 0.3) is 0 Å². The van der Waals surface area contributed by atoms with Crippen LogP contribution < -0.4 is 4.74 Å². The fraction of sp³-hybridized carbons (Fsp3) is 0.448. The summed E-state index contributed by atoms with van der Waals surface area (Å²) in [5.74, 6) is 0.795. The minimum absolute atomic E-state index is 0.119. The molecule has 1 unspecified atom stereocenters. The summed E-state index contributed by atoms with van der Waals surface area (Å²) in [4.78, 5) is 17.5. The Hall–Kier alpha value is -2.88. The summed E-state index contributed by atoms with van der Waals surface area (Å²) in [6.07, 6.45) is 11.1. The van der Waals surface area contributed by atoms with Crippen molar-refractivity contribution in [3.05, 3.63) is 71.9 Å².